The Bertz CT molecular complexity index is 1020. The topological polar surface area (TPSA) is 59.1 Å². The van der Waals surface area contributed by atoms with Crippen LogP contribution in [0.4, 0.5) is 11.4 Å². The monoisotopic (exact) mass is 418 g/mol. The van der Waals surface area contributed by atoms with Gasteiger partial charge in [-0.15, -0.1) is 0 Å². The maximum atomic E-state index is 12.5. The molecule has 2 aromatic rings. The normalized spacial score (nSPS) is 23.0. The van der Waals surface area contributed by atoms with Gasteiger partial charge in [-0.3, -0.25) is 0 Å². The molecule has 0 N–H and O–H groups in total. The molecule has 8 heteroatoms. The quantitative estimate of drug-likeness (QED) is 0.708. The third-order valence-electron chi connectivity index (χ3n) is 5.33. The van der Waals surface area contributed by atoms with E-state index in [4.69, 9.17) is 21.7 Å². The summed E-state index contributed by atoms with van der Waals surface area (Å²) in [4.78, 5) is 3.87. The van der Waals surface area contributed by atoms with Gasteiger partial charge >= 0.3 is 0 Å². The number of anilines is 2. The van der Waals surface area contributed by atoms with Gasteiger partial charge in [0.2, 0.25) is 0 Å². The van der Waals surface area contributed by atoms with E-state index in [1.807, 2.05) is 59.2 Å². The van der Waals surface area contributed by atoms with Gasteiger partial charge in [-0.2, -0.15) is 0 Å². The molecule has 2 saturated heterocycles. The Balaban J connectivity index is 1.84. The van der Waals surface area contributed by atoms with Crippen LogP contribution in [0, 0.1) is 6.92 Å². The molecule has 2 atom stereocenters. The van der Waals surface area contributed by atoms with Crippen molar-refractivity contribution in [3.05, 3.63) is 48.0 Å². The summed E-state index contributed by atoms with van der Waals surface area (Å²) in [5.74, 6) is 1.41. The van der Waals surface area contributed by atoms with Crippen molar-refractivity contribution in [3.63, 3.8) is 0 Å². The van der Waals surface area contributed by atoms with Gasteiger partial charge in [-0.25, -0.2) is 8.42 Å². The predicted octanol–water partition coefficient (Wildman–Crippen LogP) is 2.79. The minimum Gasteiger partial charge on any atom is -0.497 e. The number of ether oxygens (including phenoxy) is 2. The number of aryl methyl sites for hydroxylation is 1. The minimum atomic E-state index is -3.17. The number of methoxy groups -OCH3 is 2. The Morgan fingerprint density at radius 1 is 0.964 bits per heavy atom. The molecule has 0 bridgehead atoms. The van der Waals surface area contributed by atoms with Crippen LogP contribution in [0.25, 0.3) is 0 Å². The van der Waals surface area contributed by atoms with Crippen molar-refractivity contribution >= 4 is 38.5 Å². The number of fused-ring (bicyclic) bond motifs is 1. The van der Waals surface area contributed by atoms with Crippen molar-refractivity contribution in [1.82, 2.24) is 0 Å². The van der Waals surface area contributed by atoms with Gasteiger partial charge in [-0.05, 0) is 43.4 Å². The van der Waals surface area contributed by atoms with E-state index in [-0.39, 0.29) is 23.6 Å². The summed E-state index contributed by atoms with van der Waals surface area (Å²) in [5.41, 5.74) is 2.75. The van der Waals surface area contributed by atoms with Crippen LogP contribution in [0.1, 0.15) is 5.56 Å². The Labute approximate surface area is 170 Å². The third-order valence-corrected chi connectivity index (χ3v) is 7.42. The number of rotatable bonds is 4. The molecule has 0 unspecified atom stereocenters. The molecule has 2 fully saturated rings. The highest BCUT2D eigenvalue weighted by molar-refractivity contribution is 7.91. The number of sulfone groups is 1. The summed E-state index contributed by atoms with van der Waals surface area (Å²) in [6, 6.07) is 12.9. The molecule has 0 saturated carbocycles. The number of hydrogen-bond acceptors (Lipinski definition) is 5. The second kappa shape index (κ2) is 6.93. The van der Waals surface area contributed by atoms with Gasteiger partial charge in [0.1, 0.15) is 11.5 Å². The zero-order valence-corrected chi connectivity index (χ0v) is 17.6. The van der Waals surface area contributed by atoms with Gasteiger partial charge in [0, 0.05) is 11.8 Å². The van der Waals surface area contributed by atoms with E-state index in [0.717, 1.165) is 11.3 Å². The fraction of sp³-hybridized carbons (Fsp3) is 0.350. The smallest absolute Gasteiger partial charge is 0.181 e. The number of benzene rings is 2. The van der Waals surface area contributed by atoms with Crippen LogP contribution in [0.3, 0.4) is 0 Å². The van der Waals surface area contributed by atoms with Crippen molar-refractivity contribution in [1.29, 1.82) is 0 Å². The second-order valence-corrected chi connectivity index (χ2v) is 9.63. The molecule has 2 heterocycles. The molecule has 148 valence electrons. The summed E-state index contributed by atoms with van der Waals surface area (Å²) in [5, 5.41) is 0.570. The van der Waals surface area contributed by atoms with E-state index in [1.54, 1.807) is 14.2 Å². The molecule has 2 aliphatic rings. The maximum absolute atomic E-state index is 12.5. The number of nitrogens with zero attached hydrogens (tertiary/aromatic N) is 2. The Morgan fingerprint density at radius 3 is 2.21 bits per heavy atom. The molecular formula is C20H22N2O4S2. The van der Waals surface area contributed by atoms with E-state index in [0.29, 0.717) is 22.3 Å². The number of hydrogen-bond donors (Lipinski definition) is 0. The van der Waals surface area contributed by atoms with Gasteiger partial charge in [-0.1, -0.05) is 17.7 Å². The van der Waals surface area contributed by atoms with Crippen LogP contribution in [-0.4, -0.2) is 51.3 Å². The molecular weight excluding hydrogens is 396 g/mol. The molecule has 28 heavy (non-hydrogen) atoms. The largest absolute Gasteiger partial charge is 0.497 e. The summed E-state index contributed by atoms with van der Waals surface area (Å²) in [6.45, 7) is 2.02. The summed E-state index contributed by atoms with van der Waals surface area (Å²) < 4.78 is 35.9. The van der Waals surface area contributed by atoms with Crippen molar-refractivity contribution in [2.24, 2.45) is 0 Å². The van der Waals surface area contributed by atoms with Gasteiger partial charge in [0.05, 0.1) is 43.5 Å². The zero-order chi connectivity index (χ0) is 20.1. The van der Waals surface area contributed by atoms with Crippen molar-refractivity contribution < 1.29 is 17.9 Å². The molecule has 0 aliphatic carbocycles. The molecule has 0 amide bonds. The van der Waals surface area contributed by atoms with Crippen LogP contribution in [-0.2, 0) is 9.84 Å². The zero-order valence-electron chi connectivity index (χ0n) is 16.0. The summed E-state index contributed by atoms with van der Waals surface area (Å²) in [6.07, 6.45) is 0. The average molecular weight is 419 g/mol. The van der Waals surface area contributed by atoms with Crippen LogP contribution in [0.5, 0.6) is 11.5 Å². The highest BCUT2D eigenvalue weighted by atomic mass is 32.2. The Kier molecular flexibility index (Phi) is 4.71. The fourth-order valence-corrected chi connectivity index (χ4v) is 6.37. The first-order valence-electron chi connectivity index (χ1n) is 8.96. The van der Waals surface area contributed by atoms with Crippen molar-refractivity contribution in [3.8, 4) is 11.5 Å². The lowest BCUT2D eigenvalue weighted by Crippen LogP contribution is -2.37. The van der Waals surface area contributed by atoms with E-state index in [9.17, 15) is 8.42 Å². The molecule has 6 nitrogen and oxygen atoms in total. The van der Waals surface area contributed by atoms with E-state index >= 15 is 0 Å². The average Bonchev–Trinajstić information content (AvgIpc) is 3.10. The molecule has 2 aliphatic heterocycles. The summed E-state index contributed by atoms with van der Waals surface area (Å²) >= 11 is 5.84. The fourth-order valence-electron chi connectivity index (χ4n) is 3.98. The molecule has 2 aromatic carbocycles. The lowest BCUT2D eigenvalue weighted by molar-refractivity contribution is 0.403. The van der Waals surface area contributed by atoms with Crippen LogP contribution in [0.2, 0.25) is 0 Å². The predicted molar refractivity (Wildman–Crippen MR) is 115 cm³/mol. The molecule has 0 aromatic heterocycles. The molecule has 4 rings (SSSR count). The number of thiocarbonyl (C=S) groups is 1. The van der Waals surface area contributed by atoms with Gasteiger partial charge in [0.15, 0.2) is 14.9 Å². The van der Waals surface area contributed by atoms with E-state index in [1.165, 1.54) is 0 Å². The first-order valence-corrected chi connectivity index (χ1v) is 11.2. The Hall–Kier alpha value is -2.32. The van der Waals surface area contributed by atoms with Gasteiger partial charge in [0.25, 0.3) is 0 Å². The first-order chi connectivity index (χ1) is 13.3. The Morgan fingerprint density at radius 2 is 1.61 bits per heavy atom. The highest BCUT2D eigenvalue weighted by Gasteiger charge is 2.53. The van der Waals surface area contributed by atoms with Crippen molar-refractivity contribution in [2.75, 3.05) is 35.5 Å². The molecule has 0 spiro atoms. The van der Waals surface area contributed by atoms with Crippen molar-refractivity contribution in [2.45, 2.75) is 19.0 Å². The minimum absolute atomic E-state index is 0.0561. The van der Waals surface area contributed by atoms with E-state index in [2.05, 4.69) is 0 Å². The first kappa shape index (κ1) is 19.0. The van der Waals surface area contributed by atoms with E-state index < -0.39 is 9.84 Å². The maximum Gasteiger partial charge on any atom is 0.181 e. The van der Waals surface area contributed by atoms with Crippen LogP contribution < -0.4 is 19.3 Å². The van der Waals surface area contributed by atoms with Gasteiger partial charge < -0.3 is 19.3 Å². The lowest BCUT2D eigenvalue weighted by atomic mass is 10.1. The summed E-state index contributed by atoms with van der Waals surface area (Å²) in [7, 11) is 0.0117. The second-order valence-electron chi connectivity index (χ2n) is 7.11. The van der Waals surface area contributed by atoms with Crippen LogP contribution in [0.15, 0.2) is 42.5 Å². The highest BCUT2D eigenvalue weighted by Crippen LogP contribution is 2.42. The molecule has 0 radical (unpaired) electrons. The standard InChI is InChI=1S/C20H22N2O4S2/c1-13-4-6-14(7-5-13)21-17-11-28(23,24)12-18(17)22(20(21)27)16-10-15(25-2)8-9-19(16)26-3/h4-10,17-18H,11-12H2,1-3H3/t17-,18+/m1/s1. The lowest BCUT2D eigenvalue weighted by Gasteiger charge is -2.27. The third kappa shape index (κ3) is 3.10. The SMILES string of the molecule is COc1ccc(OC)c(N2C(=S)N(c3ccc(C)cc3)[C@@H]3CS(=O)(=O)C[C@@H]32)c1. The van der Waals surface area contributed by atoms with Crippen LogP contribution >= 0.6 is 12.2 Å².